The van der Waals surface area contributed by atoms with Crippen LogP contribution in [0.5, 0.6) is 11.5 Å². The molecule has 2 atom stereocenters. The SMILES string of the molecule is CNCCNC(=O)C1CC1c1ccc2c(c1)OCCO2.Cl. The Bertz CT molecular complexity index is 510. The van der Waals surface area contributed by atoms with Gasteiger partial charge in [-0.15, -0.1) is 12.4 Å². The van der Waals surface area contributed by atoms with Gasteiger partial charge in [-0.3, -0.25) is 4.79 Å². The number of fused-ring (bicyclic) bond motifs is 1. The van der Waals surface area contributed by atoms with E-state index in [9.17, 15) is 4.79 Å². The summed E-state index contributed by atoms with van der Waals surface area (Å²) in [5.74, 6) is 2.18. The molecule has 1 heterocycles. The van der Waals surface area contributed by atoms with Crippen molar-refractivity contribution in [2.75, 3.05) is 33.4 Å². The lowest BCUT2D eigenvalue weighted by Gasteiger charge is -2.18. The van der Waals surface area contributed by atoms with E-state index in [4.69, 9.17) is 9.47 Å². The van der Waals surface area contributed by atoms with Crippen molar-refractivity contribution in [1.29, 1.82) is 0 Å². The summed E-state index contributed by atoms with van der Waals surface area (Å²) >= 11 is 0. The fourth-order valence-electron chi connectivity index (χ4n) is 2.59. The van der Waals surface area contributed by atoms with Crippen LogP contribution in [0, 0.1) is 5.92 Å². The summed E-state index contributed by atoms with van der Waals surface area (Å²) in [6, 6.07) is 6.00. The number of rotatable bonds is 5. The molecule has 3 rings (SSSR count). The van der Waals surface area contributed by atoms with Crippen molar-refractivity contribution in [3.8, 4) is 11.5 Å². The van der Waals surface area contributed by atoms with Crippen molar-refractivity contribution >= 4 is 18.3 Å². The van der Waals surface area contributed by atoms with E-state index in [1.807, 2.05) is 25.2 Å². The molecule has 5 nitrogen and oxygen atoms in total. The van der Waals surface area contributed by atoms with E-state index in [0.717, 1.165) is 24.5 Å². The standard InChI is InChI=1S/C15H20N2O3.ClH/c1-16-4-5-17-15(18)12-9-11(12)10-2-3-13-14(8-10)20-7-6-19-13;/h2-3,8,11-12,16H,4-7,9H2,1H3,(H,17,18);1H. The van der Waals surface area contributed by atoms with Gasteiger partial charge in [0.15, 0.2) is 11.5 Å². The first-order valence-electron chi connectivity index (χ1n) is 7.11. The molecule has 0 radical (unpaired) electrons. The molecule has 2 aliphatic rings. The number of ether oxygens (including phenoxy) is 2. The lowest BCUT2D eigenvalue weighted by molar-refractivity contribution is -0.122. The van der Waals surface area contributed by atoms with E-state index in [0.29, 0.717) is 25.7 Å². The van der Waals surface area contributed by atoms with Crippen molar-refractivity contribution in [3.05, 3.63) is 23.8 Å². The highest BCUT2D eigenvalue weighted by molar-refractivity contribution is 5.85. The summed E-state index contributed by atoms with van der Waals surface area (Å²) in [5.41, 5.74) is 1.17. The van der Waals surface area contributed by atoms with Gasteiger partial charge in [0.1, 0.15) is 13.2 Å². The Labute approximate surface area is 130 Å². The smallest absolute Gasteiger partial charge is 0.223 e. The van der Waals surface area contributed by atoms with Crippen LogP contribution in [0.3, 0.4) is 0 Å². The number of likely N-dealkylation sites (N-methyl/N-ethyl adjacent to an activating group) is 1. The predicted octanol–water partition coefficient (Wildman–Crippen LogP) is 1.32. The molecule has 0 bridgehead atoms. The summed E-state index contributed by atoms with van der Waals surface area (Å²) in [4.78, 5) is 12.0. The summed E-state index contributed by atoms with van der Waals surface area (Å²) < 4.78 is 11.1. The van der Waals surface area contributed by atoms with Crippen LogP contribution in [0.15, 0.2) is 18.2 Å². The number of carbonyl (C=O) groups excluding carboxylic acids is 1. The van der Waals surface area contributed by atoms with Crippen LogP contribution in [0.1, 0.15) is 17.9 Å². The second kappa shape index (κ2) is 7.00. The third kappa shape index (κ3) is 3.60. The third-order valence-electron chi connectivity index (χ3n) is 3.80. The van der Waals surface area contributed by atoms with Crippen LogP contribution in [-0.2, 0) is 4.79 Å². The molecule has 1 aliphatic carbocycles. The maximum atomic E-state index is 12.0. The number of hydrogen-bond donors (Lipinski definition) is 2. The Morgan fingerprint density at radius 1 is 1.24 bits per heavy atom. The first-order valence-corrected chi connectivity index (χ1v) is 7.11. The van der Waals surface area contributed by atoms with Gasteiger partial charge in [-0.1, -0.05) is 6.07 Å². The van der Waals surface area contributed by atoms with Gasteiger partial charge in [0.2, 0.25) is 5.91 Å². The molecule has 2 N–H and O–H groups in total. The first-order chi connectivity index (χ1) is 9.79. The first kappa shape index (κ1) is 15.9. The number of amides is 1. The molecule has 1 aliphatic heterocycles. The van der Waals surface area contributed by atoms with Crippen LogP contribution in [0.2, 0.25) is 0 Å². The highest BCUT2D eigenvalue weighted by atomic mass is 35.5. The average molecular weight is 313 g/mol. The Kier molecular flexibility index (Phi) is 5.31. The van der Waals surface area contributed by atoms with E-state index in [2.05, 4.69) is 10.6 Å². The minimum atomic E-state index is 0. The molecule has 1 amide bonds. The van der Waals surface area contributed by atoms with Crippen LogP contribution in [0.4, 0.5) is 0 Å². The lowest BCUT2D eigenvalue weighted by atomic mass is 10.1. The zero-order valence-corrected chi connectivity index (χ0v) is 12.9. The molecule has 0 saturated heterocycles. The fourth-order valence-corrected chi connectivity index (χ4v) is 2.59. The van der Waals surface area contributed by atoms with Crippen LogP contribution in [-0.4, -0.2) is 39.3 Å². The van der Waals surface area contributed by atoms with Gasteiger partial charge in [0, 0.05) is 19.0 Å². The average Bonchev–Trinajstić information content (AvgIpc) is 3.27. The molecule has 0 spiro atoms. The van der Waals surface area contributed by atoms with Gasteiger partial charge in [-0.05, 0) is 37.1 Å². The van der Waals surface area contributed by atoms with E-state index < -0.39 is 0 Å². The molecular weight excluding hydrogens is 292 g/mol. The third-order valence-corrected chi connectivity index (χ3v) is 3.80. The van der Waals surface area contributed by atoms with E-state index in [-0.39, 0.29) is 24.2 Å². The quantitative estimate of drug-likeness (QED) is 0.805. The summed E-state index contributed by atoms with van der Waals surface area (Å²) in [7, 11) is 1.88. The van der Waals surface area contributed by atoms with Gasteiger partial charge < -0.3 is 20.1 Å². The molecule has 21 heavy (non-hydrogen) atoms. The molecule has 6 heteroatoms. The Hall–Kier alpha value is -1.46. The number of hydrogen-bond acceptors (Lipinski definition) is 4. The number of carbonyl (C=O) groups is 1. The monoisotopic (exact) mass is 312 g/mol. The van der Waals surface area contributed by atoms with Gasteiger partial charge in [0.05, 0.1) is 0 Å². The van der Waals surface area contributed by atoms with E-state index in [1.54, 1.807) is 0 Å². The number of nitrogens with one attached hydrogen (secondary N) is 2. The number of halogens is 1. The van der Waals surface area contributed by atoms with Crippen molar-refractivity contribution in [2.45, 2.75) is 12.3 Å². The van der Waals surface area contributed by atoms with Gasteiger partial charge in [-0.25, -0.2) is 0 Å². The molecule has 2 unspecified atom stereocenters. The van der Waals surface area contributed by atoms with Crippen LogP contribution in [0.25, 0.3) is 0 Å². The fraction of sp³-hybridized carbons (Fsp3) is 0.533. The van der Waals surface area contributed by atoms with Gasteiger partial charge in [-0.2, -0.15) is 0 Å². The maximum Gasteiger partial charge on any atom is 0.223 e. The second-order valence-electron chi connectivity index (χ2n) is 5.25. The van der Waals surface area contributed by atoms with Crippen molar-refractivity contribution in [1.82, 2.24) is 10.6 Å². The molecule has 1 fully saturated rings. The Morgan fingerprint density at radius 2 is 2.00 bits per heavy atom. The summed E-state index contributed by atoms with van der Waals surface area (Å²) in [6.07, 6.45) is 0.922. The maximum absolute atomic E-state index is 12.0. The highest BCUT2D eigenvalue weighted by Gasteiger charge is 2.44. The van der Waals surface area contributed by atoms with Crippen LogP contribution < -0.4 is 20.1 Å². The minimum absolute atomic E-state index is 0. The normalized spacial score (nSPS) is 22.1. The number of benzene rings is 1. The summed E-state index contributed by atoms with van der Waals surface area (Å²) in [5, 5.41) is 5.96. The minimum Gasteiger partial charge on any atom is -0.486 e. The van der Waals surface area contributed by atoms with E-state index in [1.165, 1.54) is 5.56 Å². The van der Waals surface area contributed by atoms with E-state index >= 15 is 0 Å². The second-order valence-corrected chi connectivity index (χ2v) is 5.25. The molecular formula is C15H21ClN2O3. The Balaban J connectivity index is 0.00000161. The van der Waals surface area contributed by atoms with Crippen LogP contribution >= 0.6 is 12.4 Å². The molecule has 1 aromatic rings. The summed E-state index contributed by atoms with van der Waals surface area (Å²) in [6.45, 7) is 2.67. The largest absolute Gasteiger partial charge is 0.486 e. The molecule has 1 aromatic carbocycles. The van der Waals surface area contributed by atoms with Gasteiger partial charge >= 0.3 is 0 Å². The molecule has 1 saturated carbocycles. The van der Waals surface area contributed by atoms with Crippen molar-refractivity contribution in [2.24, 2.45) is 5.92 Å². The van der Waals surface area contributed by atoms with Crippen molar-refractivity contribution in [3.63, 3.8) is 0 Å². The zero-order valence-electron chi connectivity index (χ0n) is 12.1. The predicted molar refractivity (Wildman–Crippen MR) is 82.5 cm³/mol. The molecule has 116 valence electrons. The lowest BCUT2D eigenvalue weighted by Crippen LogP contribution is -2.31. The highest BCUT2D eigenvalue weighted by Crippen LogP contribution is 2.49. The molecule has 0 aromatic heterocycles. The Morgan fingerprint density at radius 3 is 2.76 bits per heavy atom. The van der Waals surface area contributed by atoms with Crippen molar-refractivity contribution < 1.29 is 14.3 Å². The zero-order chi connectivity index (χ0) is 13.9. The van der Waals surface area contributed by atoms with Gasteiger partial charge in [0.25, 0.3) is 0 Å². The topological polar surface area (TPSA) is 59.6 Å².